The van der Waals surface area contributed by atoms with Gasteiger partial charge in [-0.15, -0.1) is 0 Å². The molecule has 0 bridgehead atoms. The van der Waals surface area contributed by atoms with Crippen LogP contribution in [0.2, 0.25) is 0 Å². The topological polar surface area (TPSA) is 42.2 Å². The number of nitrogens with two attached hydrogens (primary N) is 1. The van der Waals surface area contributed by atoms with Crippen LogP contribution in [-0.4, -0.2) is 29.0 Å². The first kappa shape index (κ1) is 10.9. The molecule has 0 amide bonds. The highest BCUT2D eigenvalue weighted by Crippen LogP contribution is 2.14. The Morgan fingerprint density at radius 1 is 1.62 bits per heavy atom. The van der Waals surface area contributed by atoms with Crippen molar-refractivity contribution in [3.05, 3.63) is 48.4 Å². The summed E-state index contributed by atoms with van der Waals surface area (Å²) in [4.78, 5) is 6.28. The minimum Gasteiger partial charge on any atom is -0.370 e. The zero-order valence-electron chi connectivity index (χ0n) is 9.34. The molecule has 2 heterocycles. The van der Waals surface area contributed by atoms with E-state index in [9.17, 15) is 0 Å². The Morgan fingerprint density at radius 3 is 3.12 bits per heavy atom. The highest BCUT2D eigenvalue weighted by atomic mass is 15.2. The molecule has 1 fully saturated rings. The molecular formula is C13H17N3. The van der Waals surface area contributed by atoms with Gasteiger partial charge >= 0.3 is 0 Å². The third kappa shape index (κ3) is 2.70. The van der Waals surface area contributed by atoms with Crippen molar-refractivity contribution in [3.8, 4) is 0 Å². The molecule has 0 spiro atoms. The first-order valence-electron chi connectivity index (χ1n) is 5.53. The second-order valence-electron chi connectivity index (χ2n) is 4.11. The van der Waals surface area contributed by atoms with E-state index in [0.717, 1.165) is 30.8 Å². The van der Waals surface area contributed by atoms with Gasteiger partial charge in [0.25, 0.3) is 0 Å². The first-order chi connectivity index (χ1) is 7.75. The van der Waals surface area contributed by atoms with Crippen LogP contribution in [-0.2, 0) is 0 Å². The Balaban J connectivity index is 1.95. The molecule has 0 unspecified atom stereocenters. The van der Waals surface area contributed by atoms with E-state index < -0.39 is 0 Å². The van der Waals surface area contributed by atoms with Crippen molar-refractivity contribution < 1.29 is 0 Å². The Kier molecular flexibility index (Phi) is 3.37. The molecule has 84 valence electrons. The molecule has 1 aliphatic heterocycles. The summed E-state index contributed by atoms with van der Waals surface area (Å²) in [7, 11) is 0. The maximum Gasteiger partial charge on any atom is 0.0340 e. The van der Waals surface area contributed by atoms with Gasteiger partial charge in [0.2, 0.25) is 0 Å². The van der Waals surface area contributed by atoms with E-state index in [4.69, 9.17) is 5.73 Å². The summed E-state index contributed by atoms with van der Waals surface area (Å²) in [6.07, 6.45) is 8.71. The normalized spacial score (nSPS) is 20.6. The summed E-state index contributed by atoms with van der Waals surface area (Å²) >= 11 is 0. The Bertz CT molecular complexity index is 383. The molecular weight excluding hydrogens is 198 g/mol. The number of aromatic nitrogens is 1. The standard InChI is InChI=1S/C13H17N3/c1-11(16-8-6-13(14)10-16)4-5-12-3-2-7-15-9-12/h2-5,7,9,13H,1,6,8,10,14H2/b5-4+/t13-/m1/s1. The van der Waals surface area contributed by atoms with Gasteiger partial charge in [-0.05, 0) is 24.1 Å². The molecule has 0 radical (unpaired) electrons. The van der Waals surface area contributed by atoms with Crippen LogP contribution in [0.25, 0.3) is 6.08 Å². The van der Waals surface area contributed by atoms with Crippen LogP contribution in [0.5, 0.6) is 0 Å². The van der Waals surface area contributed by atoms with Crippen molar-refractivity contribution in [2.24, 2.45) is 5.73 Å². The molecule has 2 N–H and O–H groups in total. The van der Waals surface area contributed by atoms with E-state index in [1.807, 2.05) is 30.5 Å². The predicted octanol–water partition coefficient (Wildman–Crippen LogP) is 1.64. The van der Waals surface area contributed by atoms with E-state index >= 15 is 0 Å². The van der Waals surface area contributed by atoms with Gasteiger partial charge in [-0.3, -0.25) is 4.98 Å². The Labute approximate surface area is 96.3 Å². The minimum absolute atomic E-state index is 0.295. The van der Waals surface area contributed by atoms with Crippen LogP contribution in [0.1, 0.15) is 12.0 Å². The minimum atomic E-state index is 0.295. The summed E-state index contributed by atoms with van der Waals surface area (Å²) < 4.78 is 0. The van der Waals surface area contributed by atoms with Gasteiger partial charge in [-0.2, -0.15) is 0 Å². The van der Waals surface area contributed by atoms with E-state index in [1.54, 1.807) is 6.20 Å². The number of likely N-dealkylation sites (tertiary alicyclic amines) is 1. The van der Waals surface area contributed by atoms with Gasteiger partial charge in [-0.25, -0.2) is 0 Å². The molecule has 1 atom stereocenters. The summed E-state index contributed by atoms with van der Waals surface area (Å²) in [6.45, 7) is 5.97. The zero-order valence-corrected chi connectivity index (χ0v) is 9.34. The summed E-state index contributed by atoms with van der Waals surface area (Å²) in [5.41, 5.74) is 7.97. The fourth-order valence-electron chi connectivity index (χ4n) is 1.82. The third-order valence-corrected chi connectivity index (χ3v) is 2.78. The number of hydrogen-bond acceptors (Lipinski definition) is 3. The molecule has 1 aromatic heterocycles. The lowest BCUT2D eigenvalue weighted by molar-refractivity contribution is 0.435. The lowest BCUT2D eigenvalue weighted by Crippen LogP contribution is -2.25. The zero-order chi connectivity index (χ0) is 11.4. The summed E-state index contributed by atoms with van der Waals surface area (Å²) in [5, 5.41) is 0. The number of rotatable bonds is 3. The van der Waals surface area contributed by atoms with Crippen LogP contribution in [0.3, 0.4) is 0 Å². The van der Waals surface area contributed by atoms with Crippen molar-refractivity contribution >= 4 is 6.08 Å². The van der Waals surface area contributed by atoms with Gasteiger partial charge in [-0.1, -0.05) is 18.7 Å². The van der Waals surface area contributed by atoms with Crippen LogP contribution in [0.4, 0.5) is 0 Å². The summed E-state index contributed by atoms with van der Waals surface area (Å²) in [6, 6.07) is 4.24. The van der Waals surface area contributed by atoms with E-state index in [2.05, 4.69) is 16.5 Å². The van der Waals surface area contributed by atoms with Crippen LogP contribution in [0, 0.1) is 0 Å². The van der Waals surface area contributed by atoms with Crippen molar-refractivity contribution in [3.63, 3.8) is 0 Å². The van der Waals surface area contributed by atoms with Gasteiger partial charge in [0.1, 0.15) is 0 Å². The third-order valence-electron chi connectivity index (χ3n) is 2.78. The summed E-state index contributed by atoms with van der Waals surface area (Å²) in [5.74, 6) is 0. The second kappa shape index (κ2) is 4.94. The highest BCUT2D eigenvalue weighted by molar-refractivity contribution is 5.50. The van der Waals surface area contributed by atoms with Crippen LogP contribution >= 0.6 is 0 Å². The Hall–Kier alpha value is -1.61. The van der Waals surface area contributed by atoms with Gasteiger partial charge < -0.3 is 10.6 Å². The van der Waals surface area contributed by atoms with E-state index in [0.29, 0.717) is 6.04 Å². The number of nitrogens with zero attached hydrogens (tertiary/aromatic N) is 2. The van der Waals surface area contributed by atoms with Gasteiger partial charge in [0, 0.05) is 37.2 Å². The molecule has 0 aromatic carbocycles. The lowest BCUT2D eigenvalue weighted by atomic mass is 10.2. The average molecular weight is 215 g/mol. The lowest BCUT2D eigenvalue weighted by Gasteiger charge is -2.17. The fraction of sp³-hybridized carbons (Fsp3) is 0.308. The van der Waals surface area contributed by atoms with Crippen molar-refractivity contribution in [2.75, 3.05) is 13.1 Å². The Morgan fingerprint density at radius 2 is 2.50 bits per heavy atom. The molecule has 1 saturated heterocycles. The fourth-order valence-corrected chi connectivity index (χ4v) is 1.82. The molecule has 1 aromatic rings. The maximum absolute atomic E-state index is 5.85. The monoisotopic (exact) mass is 215 g/mol. The average Bonchev–Trinajstić information content (AvgIpc) is 2.74. The van der Waals surface area contributed by atoms with Crippen LogP contribution < -0.4 is 5.73 Å². The first-order valence-corrected chi connectivity index (χ1v) is 5.53. The van der Waals surface area contributed by atoms with E-state index in [1.165, 1.54) is 0 Å². The van der Waals surface area contributed by atoms with E-state index in [-0.39, 0.29) is 0 Å². The van der Waals surface area contributed by atoms with Gasteiger partial charge in [0.05, 0.1) is 0 Å². The molecule has 0 aliphatic carbocycles. The smallest absolute Gasteiger partial charge is 0.0340 e. The molecule has 0 saturated carbocycles. The number of hydrogen-bond donors (Lipinski definition) is 1. The quantitative estimate of drug-likeness (QED) is 0.779. The molecule has 16 heavy (non-hydrogen) atoms. The predicted molar refractivity (Wildman–Crippen MR) is 66.6 cm³/mol. The van der Waals surface area contributed by atoms with Crippen molar-refractivity contribution in [1.29, 1.82) is 0 Å². The largest absolute Gasteiger partial charge is 0.370 e. The number of pyridine rings is 1. The molecule has 3 nitrogen and oxygen atoms in total. The highest BCUT2D eigenvalue weighted by Gasteiger charge is 2.18. The number of allylic oxidation sites excluding steroid dienone is 1. The van der Waals surface area contributed by atoms with Crippen LogP contribution in [0.15, 0.2) is 42.9 Å². The molecule has 2 rings (SSSR count). The molecule has 1 aliphatic rings. The van der Waals surface area contributed by atoms with Crippen molar-refractivity contribution in [1.82, 2.24) is 9.88 Å². The molecule has 3 heteroatoms. The van der Waals surface area contributed by atoms with Gasteiger partial charge in [0.15, 0.2) is 0 Å². The maximum atomic E-state index is 5.85. The SMILES string of the molecule is C=C(/C=C/c1cccnc1)N1CC[C@@H](N)C1. The van der Waals surface area contributed by atoms with Crippen molar-refractivity contribution in [2.45, 2.75) is 12.5 Å². The second-order valence-corrected chi connectivity index (χ2v) is 4.11.